The summed E-state index contributed by atoms with van der Waals surface area (Å²) in [4.78, 5) is 39.0. The number of carbonyl (C=O) groups is 1. The zero-order valence-electron chi connectivity index (χ0n) is 14.9. The second-order valence-corrected chi connectivity index (χ2v) is 5.85. The van der Waals surface area contributed by atoms with Gasteiger partial charge in [-0.3, -0.25) is 9.59 Å². The van der Waals surface area contributed by atoms with Crippen LogP contribution in [0.2, 0.25) is 0 Å². The summed E-state index contributed by atoms with van der Waals surface area (Å²) in [7, 11) is 0. The molecule has 2 heterocycles. The Labute approximate surface area is 161 Å². The number of alkyl halides is 3. The van der Waals surface area contributed by atoms with Crippen molar-refractivity contribution in [2.45, 2.75) is 19.3 Å². The van der Waals surface area contributed by atoms with Gasteiger partial charge in [-0.25, -0.2) is 15.0 Å². The molecule has 0 saturated heterocycles. The summed E-state index contributed by atoms with van der Waals surface area (Å²) in [6.45, 7) is 1.52. The summed E-state index contributed by atoms with van der Waals surface area (Å²) in [6.07, 6.45) is -2.17. The van der Waals surface area contributed by atoms with Crippen LogP contribution in [0.5, 0.6) is 5.75 Å². The number of hydrogen-bond donors (Lipinski definition) is 2. The molecule has 0 spiro atoms. The minimum Gasteiger partial charge on any atom is -0.405 e. The van der Waals surface area contributed by atoms with E-state index in [1.54, 1.807) is 6.07 Å². The molecule has 8 nitrogen and oxygen atoms in total. The van der Waals surface area contributed by atoms with Crippen LogP contribution in [0.3, 0.4) is 0 Å². The van der Waals surface area contributed by atoms with Gasteiger partial charge in [0.15, 0.2) is 0 Å². The zero-order chi connectivity index (χ0) is 21.0. The Kier molecular flexibility index (Phi) is 5.57. The maximum Gasteiger partial charge on any atom is 0.573 e. The molecule has 0 saturated carbocycles. The van der Waals surface area contributed by atoms with Crippen LogP contribution in [0.4, 0.5) is 13.2 Å². The molecule has 0 aliphatic heterocycles. The number of ether oxygens (including phenoxy) is 1. The van der Waals surface area contributed by atoms with Gasteiger partial charge in [0.05, 0.1) is 23.0 Å². The first-order chi connectivity index (χ1) is 13.7. The standard InChI is InChI=1S/C18H14F3N5O3/c1-10(16-25-13(8-15(27)26-16)12-6-7-22-9-23-12)24-17(28)11-4-2-3-5-14(11)29-18(19,20)21/h2-10H,1H3,(H,24,28)(H,25,26,27). The number of nitrogens with zero attached hydrogens (tertiary/aromatic N) is 3. The monoisotopic (exact) mass is 405 g/mol. The Hall–Kier alpha value is -3.76. The second kappa shape index (κ2) is 8.09. The Morgan fingerprint density at radius 3 is 2.66 bits per heavy atom. The molecule has 1 atom stereocenters. The number of nitrogens with one attached hydrogen (secondary N) is 2. The first-order valence-electron chi connectivity index (χ1n) is 8.26. The van der Waals surface area contributed by atoms with Gasteiger partial charge >= 0.3 is 6.36 Å². The highest BCUT2D eigenvalue weighted by Gasteiger charge is 2.33. The molecule has 0 aliphatic rings. The van der Waals surface area contributed by atoms with E-state index in [1.807, 2.05) is 0 Å². The predicted molar refractivity (Wildman–Crippen MR) is 94.9 cm³/mol. The first kappa shape index (κ1) is 20.0. The number of carbonyl (C=O) groups excluding carboxylic acids is 1. The molecule has 1 amide bonds. The highest BCUT2D eigenvalue weighted by atomic mass is 19.4. The molecule has 150 valence electrons. The maximum absolute atomic E-state index is 12.5. The van der Waals surface area contributed by atoms with E-state index in [0.29, 0.717) is 5.69 Å². The van der Waals surface area contributed by atoms with Gasteiger partial charge < -0.3 is 15.0 Å². The Balaban J connectivity index is 1.84. The van der Waals surface area contributed by atoms with E-state index < -0.39 is 29.6 Å². The summed E-state index contributed by atoms with van der Waals surface area (Å²) >= 11 is 0. The minimum atomic E-state index is -4.94. The summed E-state index contributed by atoms with van der Waals surface area (Å²) in [5.41, 5.74) is -0.139. The van der Waals surface area contributed by atoms with E-state index >= 15 is 0 Å². The molecular formula is C18H14F3N5O3. The summed E-state index contributed by atoms with van der Waals surface area (Å²) in [5, 5.41) is 2.49. The normalized spacial score (nSPS) is 12.3. The lowest BCUT2D eigenvalue weighted by molar-refractivity contribution is -0.274. The van der Waals surface area contributed by atoms with Crippen LogP contribution in [0.15, 0.2) is 53.7 Å². The Morgan fingerprint density at radius 1 is 1.21 bits per heavy atom. The molecule has 1 unspecified atom stereocenters. The van der Waals surface area contributed by atoms with Crippen LogP contribution in [0.1, 0.15) is 29.1 Å². The Bertz CT molecular complexity index is 1070. The SMILES string of the molecule is CC(NC(=O)c1ccccc1OC(F)(F)F)c1nc(-c2ccncn2)cc(=O)[nH]1. The number of hydrogen-bond acceptors (Lipinski definition) is 6. The fraction of sp³-hybridized carbons (Fsp3) is 0.167. The lowest BCUT2D eigenvalue weighted by Gasteiger charge is -2.16. The van der Waals surface area contributed by atoms with E-state index in [4.69, 9.17) is 0 Å². The van der Waals surface area contributed by atoms with Crippen molar-refractivity contribution in [3.05, 3.63) is 70.7 Å². The van der Waals surface area contributed by atoms with Gasteiger partial charge in [-0.15, -0.1) is 13.2 Å². The second-order valence-electron chi connectivity index (χ2n) is 5.85. The van der Waals surface area contributed by atoms with E-state index in [0.717, 1.165) is 6.07 Å². The molecule has 2 N–H and O–H groups in total. The number of aromatic nitrogens is 4. The largest absolute Gasteiger partial charge is 0.573 e. The van der Waals surface area contributed by atoms with Crippen molar-refractivity contribution in [1.82, 2.24) is 25.3 Å². The third-order valence-electron chi connectivity index (χ3n) is 3.72. The smallest absolute Gasteiger partial charge is 0.405 e. The topological polar surface area (TPSA) is 110 Å². The van der Waals surface area contributed by atoms with Crippen LogP contribution < -0.4 is 15.6 Å². The quantitative estimate of drug-likeness (QED) is 0.675. The predicted octanol–water partition coefficient (Wildman–Crippen LogP) is 2.62. The van der Waals surface area contributed by atoms with Crippen molar-refractivity contribution in [2.75, 3.05) is 0 Å². The fourth-order valence-corrected chi connectivity index (χ4v) is 2.47. The third kappa shape index (κ3) is 5.15. The van der Waals surface area contributed by atoms with Crippen molar-refractivity contribution >= 4 is 5.91 Å². The van der Waals surface area contributed by atoms with Gasteiger partial charge in [0, 0.05) is 12.3 Å². The Morgan fingerprint density at radius 2 is 1.97 bits per heavy atom. The van der Waals surface area contributed by atoms with Crippen LogP contribution >= 0.6 is 0 Å². The molecule has 0 aliphatic carbocycles. The van der Waals surface area contributed by atoms with E-state index in [1.165, 1.54) is 43.7 Å². The number of para-hydroxylation sites is 1. The number of aromatic amines is 1. The lowest BCUT2D eigenvalue weighted by Crippen LogP contribution is -2.30. The van der Waals surface area contributed by atoms with Gasteiger partial charge in [0.2, 0.25) is 0 Å². The average Bonchev–Trinajstić information content (AvgIpc) is 2.67. The number of amides is 1. The van der Waals surface area contributed by atoms with Crippen molar-refractivity contribution in [3.8, 4) is 17.1 Å². The van der Waals surface area contributed by atoms with Gasteiger partial charge in [0.25, 0.3) is 11.5 Å². The van der Waals surface area contributed by atoms with Crippen LogP contribution in [0.25, 0.3) is 11.4 Å². The van der Waals surface area contributed by atoms with Crippen LogP contribution in [-0.2, 0) is 0 Å². The molecule has 0 fully saturated rings. The molecule has 11 heteroatoms. The van der Waals surface area contributed by atoms with E-state index in [-0.39, 0.29) is 17.1 Å². The molecule has 3 rings (SSSR count). The lowest BCUT2D eigenvalue weighted by atomic mass is 10.1. The van der Waals surface area contributed by atoms with E-state index in [2.05, 4.69) is 30.0 Å². The average molecular weight is 405 g/mol. The highest BCUT2D eigenvalue weighted by Crippen LogP contribution is 2.26. The van der Waals surface area contributed by atoms with E-state index in [9.17, 15) is 22.8 Å². The van der Waals surface area contributed by atoms with Crippen LogP contribution in [-0.4, -0.2) is 32.2 Å². The third-order valence-corrected chi connectivity index (χ3v) is 3.72. The summed E-state index contributed by atoms with van der Waals surface area (Å²) in [5.74, 6) is -1.36. The van der Waals surface area contributed by atoms with Crippen molar-refractivity contribution in [2.24, 2.45) is 0 Å². The minimum absolute atomic E-state index is 0.105. The molecule has 2 aromatic heterocycles. The van der Waals surface area contributed by atoms with Gasteiger partial charge in [-0.2, -0.15) is 0 Å². The van der Waals surface area contributed by atoms with Gasteiger partial charge in [-0.05, 0) is 25.1 Å². The number of H-pyrrole nitrogens is 1. The van der Waals surface area contributed by atoms with Crippen molar-refractivity contribution in [3.63, 3.8) is 0 Å². The van der Waals surface area contributed by atoms with Gasteiger partial charge in [-0.1, -0.05) is 12.1 Å². The van der Waals surface area contributed by atoms with Crippen molar-refractivity contribution in [1.29, 1.82) is 0 Å². The van der Waals surface area contributed by atoms with Crippen molar-refractivity contribution < 1.29 is 22.7 Å². The molecule has 29 heavy (non-hydrogen) atoms. The number of benzene rings is 1. The molecule has 3 aromatic rings. The first-order valence-corrected chi connectivity index (χ1v) is 8.26. The molecule has 0 radical (unpaired) electrons. The number of halogens is 3. The van der Waals surface area contributed by atoms with Crippen LogP contribution in [0, 0.1) is 0 Å². The zero-order valence-corrected chi connectivity index (χ0v) is 14.9. The summed E-state index contributed by atoms with van der Waals surface area (Å²) in [6, 6.07) is 6.90. The fourth-order valence-electron chi connectivity index (χ4n) is 2.47. The number of rotatable bonds is 5. The molecule has 1 aromatic carbocycles. The summed E-state index contributed by atoms with van der Waals surface area (Å²) < 4.78 is 41.5. The van der Waals surface area contributed by atoms with Gasteiger partial charge in [0.1, 0.15) is 17.9 Å². The molecular weight excluding hydrogens is 391 g/mol. The highest BCUT2D eigenvalue weighted by molar-refractivity contribution is 5.97. The molecule has 0 bridgehead atoms. The maximum atomic E-state index is 12.5.